The fraction of sp³-hybridized carbons (Fsp3) is 0.297. The van der Waals surface area contributed by atoms with Gasteiger partial charge in [-0.1, -0.05) is 97.8 Å². The first-order valence-corrected chi connectivity index (χ1v) is 17.0. The van der Waals surface area contributed by atoms with Crippen LogP contribution in [-0.2, 0) is 32.6 Å². The molecule has 1 fully saturated rings. The number of aryl methyl sites for hydroxylation is 2. The fourth-order valence-corrected chi connectivity index (χ4v) is 7.26. The van der Waals surface area contributed by atoms with Crippen molar-refractivity contribution in [3.8, 4) is 0 Å². The lowest BCUT2D eigenvalue weighted by Gasteiger charge is -2.34. The van der Waals surface area contributed by atoms with Crippen LogP contribution in [-0.4, -0.2) is 43.8 Å². The van der Waals surface area contributed by atoms with Gasteiger partial charge in [0, 0.05) is 19.0 Å². The number of nitrogens with zero attached hydrogens (tertiary/aromatic N) is 2. The van der Waals surface area contributed by atoms with Crippen molar-refractivity contribution >= 4 is 27.5 Å². The van der Waals surface area contributed by atoms with Crippen LogP contribution in [0.5, 0.6) is 0 Å². The number of sulfonamides is 1. The monoisotopic (exact) mass is 623 g/mol. The van der Waals surface area contributed by atoms with Gasteiger partial charge < -0.3 is 10.2 Å². The van der Waals surface area contributed by atoms with Gasteiger partial charge in [-0.2, -0.15) is 0 Å². The molecular weight excluding hydrogens is 582 g/mol. The average molecular weight is 624 g/mol. The van der Waals surface area contributed by atoms with Crippen molar-refractivity contribution < 1.29 is 18.0 Å². The minimum atomic E-state index is -4.12. The Kier molecular flexibility index (Phi) is 10.4. The van der Waals surface area contributed by atoms with Crippen molar-refractivity contribution in [3.05, 3.63) is 131 Å². The molecule has 8 heteroatoms. The Morgan fingerprint density at radius 3 is 1.96 bits per heavy atom. The van der Waals surface area contributed by atoms with Gasteiger partial charge >= 0.3 is 0 Å². The van der Waals surface area contributed by atoms with Gasteiger partial charge in [-0.05, 0) is 73.2 Å². The quantitative estimate of drug-likeness (QED) is 0.204. The number of carbonyl (C=O) groups excluding carboxylic acids is 2. The van der Waals surface area contributed by atoms with Crippen molar-refractivity contribution in [2.45, 2.75) is 69.5 Å². The Bertz CT molecular complexity index is 1690. The predicted molar refractivity (Wildman–Crippen MR) is 178 cm³/mol. The summed E-state index contributed by atoms with van der Waals surface area (Å²) in [7, 11) is -4.12. The Morgan fingerprint density at radius 2 is 1.36 bits per heavy atom. The van der Waals surface area contributed by atoms with Gasteiger partial charge in [0.1, 0.15) is 12.6 Å². The molecule has 0 unspecified atom stereocenters. The smallest absolute Gasteiger partial charge is 0.264 e. The molecule has 4 aromatic rings. The van der Waals surface area contributed by atoms with Crippen LogP contribution in [0.15, 0.2) is 114 Å². The maximum atomic E-state index is 14.6. The highest BCUT2D eigenvalue weighted by Gasteiger charge is 2.35. The minimum absolute atomic E-state index is 0.0648. The Labute approximate surface area is 266 Å². The summed E-state index contributed by atoms with van der Waals surface area (Å²) in [6.07, 6.45) is 4.23. The summed E-state index contributed by atoms with van der Waals surface area (Å²) in [5.41, 5.74) is 4.08. The molecular formula is C37H41N3O4S. The maximum absolute atomic E-state index is 14.6. The Hall–Kier alpha value is -4.43. The van der Waals surface area contributed by atoms with E-state index in [4.69, 9.17) is 0 Å². The van der Waals surface area contributed by atoms with Crippen molar-refractivity contribution in [2.24, 2.45) is 0 Å². The first-order valence-electron chi connectivity index (χ1n) is 15.5. The first-order chi connectivity index (χ1) is 21.7. The number of hydrogen-bond acceptors (Lipinski definition) is 4. The van der Waals surface area contributed by atoms with E-state index < -0.39 is 28.5 Å². The molecule has 0 aliphatic heterocycles. The topological polar surface area (TPSA) is 86.8 Å². The van der Waals surface area contributed by atoms with Crippen molar-refractivity contribution in [1.82, 2.24) is 10.2 Å². The van der Waals surface area contributed by atoms with Crippen LogP contribution >= 0.6 is 0 Å². The van der Waals surface area contributed by atoms with E-state index in [9.17, 15) is 18.0 Å². The molecule has 1 saturated carbocycles. The summed E-state index contributed by atoms with van der Waals surface area (Å²) in [5.74, 6) is -0.683. The first kappa shape index (κ1) is 32.0. The van der Waals surface area contributed by atoms with E-state index in [2.05, 4.69) is 5.32 Å². The summed E-state index contributed by atoms with van der Waals surface area (Å²) in [5, 5.41) is 3.21. The lowest BCUT2D eigenvalue weighted by molar-refractivity contribution is -0.140. The van der Waals surface area contributed by atoms with Crippen molar-refractivity contribution in [3.63, 3.8) is 0 Å². The van der Waals surface area contributed by atoms with E-state index in [0.29, 0.717) is 12.1 Å². The molecule has 5 rings (SSSR count). The zero-order valence-electron chi connectivity index (χ0n) is 25.9. The van der Waals surface area contributed by atoms with Gasteiger partial charge in [-0.25, -0.2) is 8.42 Å². The lowest BCUT2D eigenvalue weighted by Crippen LogP contribution is -2.54. The third kappa shape index (κ3) is 8.00. The largest absolute Gasteiger partial charge is 0.352 e. The second kappa shape index (κ2) is 14.6. The molecule has 45 heavy (non-hydrogen) atoms. The van der Waals surface area contributed by atoms with Crippen LogP contribution in [0.4, 0.5) is 5.69 Å². The van der Waals surface area contributed by atoms with E-state index in [1.807, 2.05) is 80.6 Å². The van der Waals surface area contributed by atoms with Crippen molar-refractivity contribution in [1.29, 1.82) is 0 Å². The molecule has 234 valence electrons. The predicted octanol–water partition coefficient (Wildman–Crippen LogP) is 6.20. The molecule has 0 aromatic heterocycles. The highest BCUT2D eigenvalue weighted by Crippen LogP contribution is 2.27. The molecule has 7 nitrogen and oxygen atoms in total. The van der Waals surface area contributed by atoms with Gasteiger partial charge in [0.15, 0.2) is 0 Å². The highest BCUT2D eigenvalue weighted by atomic mass is 32.2. The number of nitrogens with one attached hydrogen (secondary N) is 1. The lowest BCUT2D eigenvalue weighted by atomic mass is 10.0. The molecule has 0 radical (unpaired) electrons. The molecule has 0 heterocycles. The summed E-state index contributed by atoms with van der Waals surface area (Å²) in [4.78, 5) is 30.3. The van der Waals surface area contributed by atoms with Crippen LogP contribution in [0, 0.1) is 13.8 Å². The zero-order valence-corrected chi connectivity index (χ0v) is 26.7. The summed E-state index contributed by atoms with van der Waals surface area (Å²) in [6, 6.07) is 31.9. The van der Waals surface area contributed by atoms with Crippen molar-refractivity contribution in [2.75, 3.05) is 10.8 Å². The van der Waals surface area contributed by atoms with Crippen LogP contribution in [0.25, 0.3) is 0 Å². The molecule has 1 aliphatic carbocycles. The SMILES string of the molecule is Cc1ccc(N(CC(=O)N(Cc2ccccc2)[C@@H](Cc2ccccc2)C(=O)NC2CCCC2)S(=O)(=O)c2ccccc2)cc1C. The van der Waals surface area contributed by atoms with E-state index in [0.717, 1.165) is 47.9 Å². The normalized spacial score (nSPS) is 14.1. The third-order valence-corrected chi connectivity index (χ3v) is 10.3. The highest BCUT2D eigenvalue weighted by molar-refractivity contribution is 7.92. The number of rotatable bonds is 12. The van der Waals surface area contributed by atoms with Gasteiger partial charge in [0.25, 0.3) is 10.0 Å². The number of hydrogen-bond donors (Lipinski definition) is 1. The van der Waals surface area contributed by atoms with Gasteiger partial charge in [-0.3, -0.25) is 13.9 Å². The van der Waals surface area contributed by atoms with Crippen LogP contribution < -0.4 is 9.62 Å². The Morgan fingerprint density at radius 1 is 0.778 bits per heavy atom. The van der Waals surface area contributed by atoms with E-state index in [1.54, 1.807) is 35.2 Å². The fourth-order valence-electron chi connectivity index (χ4n) is 5.83. The number of anilines is 1. The van der Waals surface area contributed by atoms with Crippen LogP contribution in [0.2, 0.25) is 0 Å². The zero-order chi connectivity index (χ0) is 31.8. The molecule has 0 bridgehead atoms. The number of carbonyl (C=O) groups is 2. The second-order valence-corrected chi connectivity index (χ2v) is 13.7. The summed E-state index contributed by atoms with van der Waals surface area (Å²) in [6.45, 7) is 3.56. The van der Waals surface area contributed by atoms with E-state index in [1.165, 1.54) is 16.4 Å². The number of benzene rings is 4. The molecule has 1 N–H and O–H groups in total. The molecule has 0 spiro atoms. The maximum Gasteiger partial charge on any atom is 0.264 e. The van der Waals surface area contributed by atoms with E-state index >= 15 is 0 Å². The Balaban J connectivity index is 1.56. The molecule has 2 amide bonds. The average Bonchev–Trinajstić information content (AvgIpc) is 3.57. The molecule has 0 saturated heterocycles. The summed E-state index contributed by atoms with van der Waals surface area (Å²) < 4.78 is 29.5. The van der Waals surface area contributed by atoms with Crippen LogP contribution in [0.1, 0.15) is 47.9 Å². The van der Waals surface area contributed by atoms with Gasteiger partial charge in [0.2, 0.25) is 11.8 Å². The summed E-state index contributed by atoms with van der Waals surface area (Å²) >= 11 is 0. The second-order valence-electron chi connectivity index (χ2n) is 11.8. The van der Waals surface area contributed by atoms with E-state index in [-0.39, 0.29) is 23.4 Å². The van der Waals surface area contributed by atoms with Crippen LogP contribution in [0.3, 0.4) is 0 Å². The molecule has 1 atom stereocenters. The molecule has 4 aromatic carbocycles. The third-order valence-electron chi connectivity index (χ3n) is 8.56. The molecule has 1 aliphatic rings. The minimum Gasteiger partial charge on any atom is -0.352 e. The number of amides is 2. The standard InChI is InChI=1S/C37H41N3O4S/c1-28-22-23-33(24-29(28)2)40(45(43,44)34-20-10-5-11-21-34)27-36(41)39(26-31-16-8-4-9-17-31)35(25-30-14-6-3-7-15-30)37(42)38-32-18-12-13-19-32/h3-11,14-17,20-24,32,35H,12-13,18-19,25-27H2,1-2H3,(H,38,42)/t35-/m0/s1. The van der Waals surface area contributed by atoms with Gasteiger partial charge in [0.05, 0.1) is 10.6 Å². The van der Waals surface area contributed by atoms with Gasteiger partial charge in [-0.15, -0.1) is 0 Å².